The van der Waals surface area contributed by atoms with Crippen LogP contribution in [0.2, 0.25) is 0 Å². The molecule has 0 spiro atoms. The van der Waals surface area contributed by atoms with Gasteiger partial charge in [0.15, 0.2) is 0 Å². The van der Waals surface area contributed by atoms with E-state index in [-0.39, 0.29) is 40.0 Å². The number of carboxylic acids is 4. The first kappa shape index (κ1) is 38.6. The number of carbonyl (C=O) groups is 5. The zero-order chi connectivity index (χ0) is 40.5. The smallest absolute Gasteiger partial charge is 0.336 e. The Morgan fingerprint density at radius 2 is 0.895 bits per heavy atom. The van der Waals surface area contributed by atoms with Crippen LogP contribution in [-0.2, 0) is 11.4 Å². The average molecular weight is 771 g/mol. The quantitative estimate of drug-likeness (QED) is 0.0506. The van der Waals surface area contributed by atoms with Crippen molar-refractivity contribution in [3.63, 3.8) is 0 Å². The van der Waals surface area contributed by atoms with Crippen molar-refractivity contribution in [1.29, 1.82) is 0 Å². The molecule has 286 valence electrons. The number of hydrogen-bond acceptors (Lipinski definition) is 10. The lowest BCUT2D eigenvalue weighted by atomic mass is 10.0. The monoisotopic (exact) mass is 770 g/mol. The predicted octanol–water partition coefficient (Wildman–Crippen LogP) is 8.65. The van der Waals surface area contributed by atoms with E-state index in [2.05, 4.69) is 10.8 Å². The number of rotatable bonds is 16. The number of hydrogen-bond donors (Lipinski definition) is 6. The molecule has 15 heteroatoms. The minimum absolute atomic E-state index is 0.0557. The molecule has 6 rings (SSSR count). The Hall–Kier alpha value is -8.17. The molecule has 0 aliphatic heterocycles. The van der Waals surface area contributed by atoms with Gasteiger partial charge in [0.2, 0.25) is 0 Å². The van der Waals surface area contributed by atoms with Gasteiger partial charge < -0.3 is 40.0 Å². The second-order valence-electron chi connectivity index (χ2n) is 12.0. The van der Waals surface area contributed by atoms with Crippen LogP contribution in [-0.4, -0.2) is 50.2 Å². The number of carboxylic acid groups (broad SMARTS) is 4. The number of nitrogens with one attached hydrogen (secondary N) is 2. The highest BCUT2D eigenvalue weighted by molar-refractivity contribution is 6.11. The molecule has 0 radical (unpaired) electrons. The summed E-state index contributed by atoms with van der Waals surface area (Å²) in [5.41, 5.74) is 2.79. The van der Waals surface area contributed by atoms with E-state index in [1.54, 1.807) is 97.1 Å². The van der Waals surface area contributed by atoms with E-state index in [9.17, 15) is 44.4 Å². The van der Waals surface area contributed by atoms with E-state index in [0.29, 0.717) is 45.9 Å². The molecule has 0 atom stereocenters. The second kappa shape index (κ2) is 17.3. The van der Waals surface area contributed by atoms with Gasteiger partial charge in [0.1, 0.15) is 41.1 Å². The molecule has 0 unspecified atom stereocenters. The van der Waals surface area contributed by atoms with Crippen molar-refractivity contribution >= 4 is 41.2 Å². The van der Waals surface area contributed by atoms with Crippen molar-refractivity contribution in [2.75, 3.05) is 10.8 Å². The van der Waals surface area contributed by atoms with Crippen LogP contribution < -0.4 is 25.0 Å². The standard InChI is InChI=1S/C42H30N2O13/c45-38(37-21-25(40(48)49)5-19-36(37)42(52)53)43-27-6-10-30(11-7-27)56-33-2-1-3-34(22-33)57-32-16-14-31(15-17-32)55-29-12-8-28(9-13-29)44-54-23-26-20-24(39(46)47)4-18-35(26)41(50)51/h1-22,44H,23H2,(H,43,45)(H,46,47)(H,48,49)(H,50,51)(H,52,53). The number of anilines is 2. The lowest BCUT2D eigenvalue weighted by Gasteiger charge is -2.12. The van der Waals surface area contributed by atoms with Gasteiger partial charge in [0.25, 0.3) is 5.91 Å². The van der Waals surface area contributed by atoms with Crippen LogP contribution in [0.3, 0.4) is 0 Å². The maximum Gasteiger partial charge on any atom is 0.336 e. The molecule has 1 amide bonds. The fourth-order valence-electron chi connectivity index (χ4n) is 5.28. The van der Waals surface area contributed by atoms with Crippen molar-refractivity contribution in [2.24, 2.45) is 0 Å². The van der Waals surface area contributed by atoms with E-state index in [1.807, 2.05) is 0 Å². The van der Waals surface area contributed by atoms with Gasteiger partial charge in [-0.3, -0.25) is 15.1 Å². The van der Waals surface area contributed by atoms with Gasteiger partial charge in [-0.25, -0.2) is 19.2 Å². The Bertz CT molecular complexity index is 2470. The number of carbonyl (C=O) groups excluding carboxylic acids is 1. The normalized spacial score (nSPS) is 10.5. The number of amides is 1. The number of aromatic carboxylic acids is 4. The van der Waals surface area contributed by atoms with Crippen molar-refractivity contribution < 1.29 is 63.4 Å². The minimum Gasteiger partial charge on any atom is -0.478 e. The number of ether oxygens (including phenoxy) is 3. The molecule has 6 aromatic rings. The molecule has 0 heterocycles. The van der Waals surface area contributed by atoms with E-state index < -0.39 is 29.8 Å². The summed E-state index contributed by atoms with van der Waals surface area (Å²) < 4.78 is 17.9. The summed E-state index contributed by atoms with van der Waals surface area (Å²) in [4.78, 5) is 64.0. The first-order valence-corrected chi connectivity index (χ1v) is 16.7. The Labute approximate surface area is 322 Å². The highest BCUT2D eigenvalue weighted by atomic mass is 16.6. The Kier molecular flexibility index (Phi) is 11.7. The molecule has 0 saturated carbocycles. The van der Waals surface area contributed by atoms with Gasteiger partial charge in [0.05, 0.1) is 33.5 Å². The molecule has 0 aliphatic carbocycles. The van der Waals surface area contributed by atoms with E-state index >= 15 is 0 Å². The molecule has 6 aromatic carbocycles. The average Bonchev–Trinajstić information content (AvgIpc) is 3.19. The molecular formula is C42H30N2O13. The molecule has 0 aliphatic rings. The summed E-state index contributed by atoms with van der Waals surface area (Å²) in [5.74, 6) is -2.88. The molecule has 6 N–H and O–H groups in total. The fraction of sp³-hybridized carbons (Fsp3) is 0.0238. The van der Waals surface area contributed by atoms with Crippen molar-refractivity contribution in [3.8, 4) is 34.5 Å². The van der Waals surface area contributed by atoms with E-state index in [1.165, 1.54) is 18.2 Å². The van der Waals surface area contributed by atoms with Crippen LogP contribution in [0, 0.1) is 0 Å². The minimum atomic E-state index is -1.37. The Morgan fingerprint density at radius 3 is 1.40 bits per heavy atom. The summed E-state index contributed by atoms with van der Waals surface area (Å²) in [5, 5.41) is 39.9. The first-order chi connectivity index (χ1) is 27.4. The molecule has 0 fully saturated rings. The third kappa shape index (κ3) is 10.1. The summed E-state index contributed by atoms with van der Waals surface area (Å²) >= 11 is 0. The van der Waals surface area contributed by atoms with Crippen LogP contribution in [0.5, 0.6) is 34.5 Å². The third-order valence-electron chi connectivity index (χ3n) is 8.04. The topological polar surface area (TPSA) is 227 Å². The van der Waals surface area contributed by atoms with Crippen LogP contribution in [0.25, 0.3) is 0 Å². The third-order valence-corrected chi connectivity index (χ3v) is 8.04. The summed E-state index contributed by atoms with van der Waals surface area (Å²) in [6, 6.07) is 33.7. The van der Waals surface area contributed by atoms with Gasteiger partial charge >= 0.3 is 23.9 Å². The number of benzene rings is 6. The van der Waals surface area contributed by atoms with Crippen LogP contribution in [0.4, 0.5) is 11.4 Å². The SMILES string of the molecule is O=C(O)c1ccc(C(=O)O)c(CONc2ccc(Oc3ccc(Oc4cccc(Oc5ccc(NC(=O)c6cc(C(=O)O)ccc6C(=O)O)cc5)c4)cc3)cc2)c1. The lowest BCUT2D eigenvalue weighted by Crippen LogP contribution is -2.17. The first-order valence-electron chi connectivity index (χ1n) is 16.7. The predicted molar refractivity (Wildman–Crippen MR) is 203 cm³/mol. The van der Waals surface area contributed by atoms with Crippen LogP contribution >= 0.6 is 0 Å². The molecule has 0 bridgehead atoms. The van der Waals surface area contributed by atoms with Gasteiger partial charge in [0, 0.05) is 11.8 Å². The largest absolute Gasteiger partial charge is 0.478 e. The summed E-state index contributed by atoms with van der Waals surface area (Å²) in [7, 11) is 0. The Balaban J connectivity index is 0.996. The molecular weight excluding hydrogens is 740 g/mol. The molecule has 0 aromatic heterocycles. The summed E-state index contributed by atoms with van der Waals surface area (Å²) in [6.07, 6.45) is 0. The maximum absolute atomic E-state index is 12.8. The highest BCUT2D eigenvalue weighted by Crippen LogP contribution is 2.31. The van der Waals surface area contributed by atoms with E-state index in [0.717, 1.165) is 18.2 Å². The van der Waals surface area contributed by atoms with Crippen molar-refractivity contribution in [1.82, 2.24) is 0 Å². The van der Waals surface area contributed by atoms with Crippen molar-refractivity contribution in [3.05, 3.63) is 167 Å². The second-order valence-corrected chi connectivity index (χ2v) is 12.0. The highest BCUT2D eigenvalue weighted by Gasteiger charge is 2.20. The fourth-order valence-corrected chi connectivity index (χ4v) is 5.28. The molecule has 15 nitrogen and oxygen atoms in total. The Morgan fingerprint density at radius 1 is 0.439 bits per heavy atom. The zero-order valence-electron chi connectivity index (χ0n) is 29.4. The maximum atomic E-state index is 12.8. The van der Waals surface area contributed by atoms with Crippen LogP contribution in [0.1, 0.15) is 57.4 Å². The van der Waals surface area contributed by atoms with Gasteiger partial charge in [-0.05, 0) is 127 Å². The lowest BCUT2D eigenvalue weighted by molar-refractivity contribution is 0.0677. The molecule has 57 heavy (non-hydrogen) atoms. The van der Waals surface area contributed by atoms with E-state index in [4.69, 9.17) is 19.0 Å². The van der Waals surface area contributed by atoms with Crippen LogP contribution in [0.15, 0.2) is 133 Å². The van der Waals surface area contributed by atoms with Crippen molar-refractivity contribution in [2.45, 2.75) is 6.61 Å². The van der Waals surface area contributed by atoms with Gasteiger partial charge in [-0.1, -0.05) is 6.07 Å². The van der Waals surface area contributed by atoms with Gasteiger partial charge in [-0.2, -0.15) is 0 Å². The summed E-state index contributed by atoms with van der Waals surface area (Å²) in [6.45, 7) is -0.194. The zero-order valence-corrected chi connectivity index (χ0v) is 29.4. The van der Waals surface area contributed by atoms with Gasteiger partial charge in [-0.15, -0.1) is 0 Å². The molecule has 0 saturated heterocycles.